The smallest absolute Gasteiger partial charge is 0.324 e. The molecule has 19 heavy (non-hydrogen) atoms. The average molecular weight is 295 g/mol. The Kier molecular flexibility index (Phi) is 5.06. The molecule has 0 amide bonds. The van der Waals surface area contributed by atoms with E-state index in [0.29, 0.717) is 12.3 Å². The van der Waals surface area contributed by atoms with Crippen LogP contribution in [0.1, 0.15) is 18.9 Å². The lowest BCUT2D eigenvalue weighted by Gasteiger charge is -2.13. The Morgan fingerprint density at radius 1 is 1.21 bits per heavy atom. The van der Waals surface area contributed by atoms with Crippen LogP contribution in [0.4, 0.5) is 0 Å². The molecular weight excluding hydrogens is 277 g/mol. The van der Waals surface area contributed by atoms with Gasteiger partial charge in [-0.2, -0.15) is 0 Å². The van der Waals surface area contributed by atoms with Gasteiger partial charge >= 0.3 is 6.72 Å². The second-order valence-corrected chi connectivity index (χ2v) is 8.61. The van der Waals surface area contributed by atoms with Crippen LogP contribution in [-0.4, -0.2) is 10.6 Å². The number of hydrogen-bond donors (Lipinski definition) is 2. The van der Waals surface area contributed by atoms with Gasteiger partial charge in [-0.15, -0.1) is 0 Å². The van der Waals surface area contributed by atoms with E-state index >= 15 is 0 Å². The summed E-state index contributed by atoms with van der Waals surface area (Å²) in [4.78, 5) is 9.79. The predicted octanol–water partition coefficient (Wildman–Crippen LogP) is 4.17. The lowest BCUT2D eigenvalue weighted by atomic mass is 10.1. The Morgan fingerprint density at radius 2 is 1.95 bits per heavy atom. The lowest BCUT2D eigenvalue weighted by molar-refractivity contribution is 0.482. The highest BCUT2D eigenvalue weighted by molar-refractivity contribution is 8.55. The molecule has 5 heteroatoms. The summed E-state index contributed by atoms with van der Waals surface area (Å²) in [5.41, 5.74) is 1.05. The fourth-order valence-electron chi connectivity index (χ4n) is 1.89. The van der Waals surface area contributed by atoms with Crippen molar-refractivity contribution in [3.05, 3.63) is 48.0 Å². The molecule has 0 saturated carbocycles. The van der Waals surface area contributed by atoms with Crippen molar-refractivity contribution in [3.63, 3.8) is 0 Å². The highest BCUT2D eigenvalue weighted by Gasteiger charge is 2.17. The molecule has 0 aromatic heterocycles. The van der Waals surface area contributed by atoms with Crippen LogP contribution >= 0.6 is 18.1 Å². The summed E-state index contributed by atoms with van der Waals surface area (Å²) in [6.45, 7) is -0.880. The van der Waals surface area contributed by atoms with E-state index in [1.54, 1.807) is 0 Å². The van der Waals surface area contributed by atoms with Gasteiger partial charge in [0.2, 0.25) is 0 Å². The van der Waals surface area contributed by atoms with Crippen LogP contribution in [-0.2, 0) is 11.1 Å². The highest BCUT2D eigenvalue weighted by atomic mass is 32.7. The van der Waals surface area contributed by atoms with Crippen molar-refractivity contribution in [2.24, 2.45) is 0 Å². The van der Waals surface area contributed by atoms with Crippen molar-refractivity contribution in [1.29, 1.82) is 0 Å². The van der Waals surface area contributed by atoms with Crippen LogP contribution in [0.25, 0.3) is 10.8 Å². The maximum atomic E-state index is 11.9. The third kappa shape index (κ3) is 4.08. The Bertz CT molecular complexity index is 598. The van der Waals surface area contributed by atoms with Crippen molar-refractivity contribution < 1.29 is 9.46 Å². The zero-order chi connectivity index (χ0) is 13.7. The first kappa shape index (κ1) is 14.6. The molecule has 0 aliphatic rings. The van der Waals surface area contributed by atoms with Gasteiger partial charge in [0.25, 0.3) is 0 Å². The number of benzene rings is 2. The molecule has 0 spiro atoms. The quantitative estimate of drug-likeness (QED) is 0.785. The molecule has 2 aromatic rings. The number of hydrogen-bond acceptors (Lipinski definition) is 2. The summed E-state index contributed by atoms with van der Waals surface area (Å²) >= 11 is 1.10. The molecule has 102 valence electrons. The Labute approximate surface area is 117 Å². The molecule has 0 saturated heterocycles. The minimum absolute atomic E-state index is 0.409. The summed E-state index contributed by atoms with van der Waals surface area (Å²) < 4.78 is 11.9. The van der Waals surface area contributed by atoms with Gasteiger partial charge in [-0.25, -0.2) is 5.09 Å². The van der Waals surface area contributed by atoms with Crippen molar-refractivity contribution in [3.8, 4) is 0 Å². The van der Waals surface area contributed by atoms with Gasteiger partial charge in [0, 0.05) is 12.3 Å². The van der Waals surface area contributed by atoms with Crippen molar-refractivity contribution >= 4 is 28.9 Å². The van der Waals surface area contributed by atoms with E-state index in [0.717, 1.165) is 34.1 Å². The van der Waals surface area contributed by atoms with E-state index in [1.807, 2.05) is 49.4 Å². The largest absolute Gasteiger partial charge is 0.326 e. The van der Waals surface area contributed by atoms with Crippen molar-refractivity contribution in [1.82, 2.24) is 5.09 Å². The normalized spacial score (nSPS) is 14.4. The van der Waals surface area contributed by atoms with Crippen LogP contribution in [0.5, 0.6) is 0 Å². The van der Waals surface area contributed by atoms with E-state index < -0.39 is 6.72 Å². The van der Waals surface area contributed by atoms with Gasteiger partial charge in [-0.3, -0.25) is 4.57 Å². The van der Waals surface area contributed by atoms with Gasteiger partial charge in [0.05, 0.1) is 0 Å². The number of nitrogens with one attached hydrogen (secondary N) is 1. The van der Waals surface area contributed by atoms with Gasteiger partial charge in [0.1, 0.15) is 0 Å². The van der Waals surface area contributed by atoms with Crippen LogP contribution in [0.3, 0.4) is 0 Å². The summed E-state index contributed by atoms with van der Waals surface area (Å²) in [6, 6.07) is 14.1. The molecule has 0 heterocycles. The molecule has 1 unspecified atom stereocenters. The van der Waals surface area contributed by atoms with E-state index in [1.165, 1.54) is 0 Å². The molecule has 2 aromatic carbocycles. The predicted molar refractivity (Wildman–Crippen MR) is 83.4 cm³/mol. The third-order valence-corrected chi connectivity index (χ3v) is 6.30. The van der Waals surface area contributed by atoms with Crippen molar-refractivity contribution in [2.45, 2.75) is 19.9 Å². The van der Waals surface area contributed by atoms with E-state index in [4.69, 9.17) is 0 Å². The Balaban J connectivity index is 2.12. The molecule has 0 fully saturated rings. The SMILES string of the molecule is CCCSP(=O)(O)NCc1cccc2ccccc12. The molecule has 0 radical (unpaired) electrons. The minimum atomic E-state index is -3.29. The number of fused-ring (bicyclic) bond motifs is 1. The minimum Gasteiger partial charge on any atom is -0.326 e. The average Bonchev–Trinajstić information content (AvgIpc) is 2.43. The molecular formula is C14H18NO2PS. The zero-order valence-corrected chi connectivity index (χ0v) is 12.6. The fraction of sp³-hybridized carbons (Fsp3) is 0.286. The topological polar surface area (TPSA) is 49.3 Å². The molecule has 2 N–H and O–H groups in total. The first-order valence-corrected chi connectivity index (χ1v) is 9.56. The van der Waals surface area contributed by atoms with Crippen LogP contribution in [0, 0.1) is 0 Å². The maximum Gasteiger partial charge on any atom is 0.324 e. The maximum absolute atomic E-state index is 11.9. The molecule has 3 nitrogen and oxygen atoms in total. The highest BCUT2D eigenvalue weighted by Crippen LogP contribution is 2.50. The molecule has 1 atom stereocenters. The summed E-state index contributed by atoms with van der Waals surface area (Å²) in [5.74, 6) is 0.691. The molecule has 0 aliphatic carbocycles. The first-order chi connectivity index (χ1) is 9.12. The summed E-state index contributed by atoms with van der Waals surface area (Å²) in [5, 5.41) is 5.05. The lowest BCUT2D eigenvalue weighted by Crippen LogP contribution is -2.08. The van der Waals surface area contributed by atoms with E-state index in [2.05, 4.69) is 5.09 Å². The van der Waals surface area contributed by atoms with Crippen LogP contribution in [0.2, 0.25) is 0 Å². The zero-order valence-electron chi connectivity index (χ0n) is 10.9. The second-order valence-electron chi connectivity index (χ2n) is 4.33. The monoisotopic (exact) mass is 295 g/mol. The first-order valence-electron chi connectivity index (χ1n) is 6.31. The summed E-state index contributed by atoms with van der Waals surface area (Å²) in [7, 11) is 0. The van der Waals surface area contributed by atoms with Gasteiger partial charge in [-0.05, 0) is 22.8 Å². The van der Waals surface area contributed by atoms with Crippen LogP contribution < -0.4 is 5.09 Å². The fourth-order valence-corrected chi connectivity index (χ4v) is 4.54. The summed E-state index contributed by atoms with van der Waals surface area (Å²) in [6.07, 6.45) is 0.894. The van der Waals surface area contributed by atoms with Gasteiger partial charge < -0.3 is 4.89 Å². The van der Waals surface area contributed by atoms with Crippen LogP contribution in [0.15, 0.2) is 42.5 Å². The van der Waals surface area contributed by atoms with Gasteiger partial charge in [0.15, 0.2) is 0 Å². The molecule has 0 bridgehead atoms. The molecule has 0 aliphatic heterocycles. The van der Waals surface area contributed by atoms with E-state index in [9.17, 15) is 9.46 Å². The van der Waals surface area contributed by atoms with Crippen molar-refractivity contribution in [2.75, 3.05) is 5.75 Å². The second kappa shape index (κ2) is 6.58. The standard InChI is InChI=1S/C14H18NO2PS/c1-2-10-19-18(16,17)15-11-13-8-5-7-12-6-3-4-9-14(12)13/h3-9H,2,10-11H2,1H3,(H2,15,16,17). The van der Waals surface area contributed by atoms with E-state index in [-0.39, 0.29) is 0 Å². The number of rotatable bonds is 6. The molecule has 2 rings (SSSR count). The Hall–Kier alpha value is -0.800. The Morgan fingerprint density at radius 3 is 2.74 bits per heavy atom. The third-order valence-electron chi connectivity index (χ3n) is 2.82. The van der Waals surface area contributed by atoms with Gasteiger partial charge in [-0.1, -0.05) is 60.8 Å².